The molecule has 0 radical (unpaired) electrons. The number of guanidine groups is 1. The zero-order valence-electron chi connectivity index (χ0n) is 12.3. The summed E-state index contributed by atoms with van der Waals surface area (Å²) in [6.07, 6.45) is 0.850. The summed E-state index contributed by atoms with van der Waals surface area (Å²) >= 11 is 1.81. The van der Waals surface area contributed by atoms with Crippen LogP contribution in [0.3, 0.4) is 0 Å². The van der Waals surface area contributed by atoms with Gasteiger partial charge in [0.2, 0.25) is 0 Å². The van der Waals surface area contributed by atoms with Gasteiger partial charge < -0.3 is 15.7 Å². The maximum absolute atomic E-state index is 10.3. The summed E-state index contributed by atoms with van der Waals surface area (Å²) in [5.41, 5.74) is 0.591. The van der Waals surface area contributed by atoms with Gasteiger partial charge in [0.25, 0.3) is 0 Å². The molecule has 0 amide bonds. The number of aliphatic imine (C=N–C) groups is 1. The number of nitrogens with zero attached hydrogens (tertiary/aromatic N) is 1. The second kappa shape index (κ2) is 9.53. The van der Waals surface area contributed by atoms with E-state index in [1.165, 1.54) is 5.56 Å². The lowest BCUT2D eigenvalue weighted by atomic mass is 10.0. The van der Waals surface area contributed by atoms with Crippen LogP contribution in [-0.2, 0) is 6.54 Å². The fourth-order valence-electron chi connectivity index (χ4n) is 2.08. The van der Waals surface area contributed by atoms with Crippen LogP contribution in [0.25, 0.3) is 0 Å². The van der Waals surface area contributed by atoms with E-state index in [0.29, 0.717) is 13.1 Å². The second-order valence-corrected chi connectivity index (χ2v) is 6.17. The Balaban J connectivity index is 0.00000220. The Morgan fingerprint density at radius 2 is 2.10 bits per heavy atom. The van der Waals surface area contributed by atoms with Crippen LogP contribution < -0.4 is 10.6 Å². The average molecular weight is 421 g/mol. The first-order valence-corrected chi connectivity index (χ1v) is 8.23. The second-order valence-electron chi connectivity index (χ2n) is 5.06. The van der Waals surface area contributed by atoms with Crippen LogP contribution in [0, 0.1) is 0 Å². The summed E-state index contributed by atoms with van der Waals surface area (Å²) in [7, 11) is 0. The Morgan fingerprint density at radius 1 is 1.33 bits per heavy atom. The Bertz CT molecular complexity index is 436. The molecule has 6 heteroatoms. The molecule has 0 spiro atoms. The lowest BCUT2D eigenvalue weighted by molar-refractivity contribution is 0.0724. The van der Waals surface area contributed by atoms with Crippen LogP contribution in [0.2, 0.25) is 0 Å². The average Bonchev–Trinajstić information content (AvgIpc) is 2.90. The molecule has 1 aromatic rings. The molecular formula is C15H24IN3OS. The van der Waals surface area contributed by atoms with E-state index in [2.05, 4.69) is 27.8 Å². The number of hydrogen-bond donors (Lipinski definition) is 3. The molecule has 1 unspecified atom stereocenters. The smallest absolute Gasteiger partial charge is 0.191 e. The maximum atomic E-state index is 10.3. The van der Waals surface area contributed by atoms with Gasteiger partial charge in [0, 0.05) is 18.8 Å². The molecule has 0 aliphatic carbocycles. The predicted octanol–water partition coefficient (Wildman–Crippen LogP) is 2.23. The number of thioether (sulfide) groups is 1. The topological polar surface area (TPSA) is 56.7 Å². The molecule has 1 saturated heterocycles. The number of aliphatic hydroxyl groups is 1. The Morgan fingerprint density at radius 3 is 2.71 bits per heavy atom. The third-order valence-corrected chi connectivity index (χ3v) is 4.51. The van der Waals surface area contributed by atoms with Gasteiger partial charge in [-0.1, -0.05) is 30.3 Å². The highest BCUT2D eigenvalue weighted by Crippen LogP contribution is 2.26. The molecule has 0 bridgehead atoms. The highest BCUT2D eigenvalue weighted by atomic mass is 127. The van der Waals surface area contributed by atoms with Crippen molar-refractivity contribution in [3.63, 3.8) is 0 Å². The first-order valence-electron chi connectivity index (χ1n) is 7.08. The predicted molar refractivity (Wildman–Crippen MR) is 102 cm³/mol. The van der Waals surface area contributed by atoms with Crippen LogP contribution in [0.1, 0.15) is 18.9 Å². The molecule has 1 heterocycles. The van der Waals surface area contributed by atoms with Gasteiger partial charge in [-0.25, -0.2) is 4.99 Å². The van der Waals surface area contributed by atoms with Crippen molar-refractivity contribution in [2.45, 2.75) is 25.5 Å². The van der Waals surface area contributed by atoms with E-state index in [9.17, 15) is 5.11 Å². The van der Waals surface area contributed by atoms with Crippen LogP contribution in [0.15, 0.2) is 35.3 Å². The minimum Gasteiger partial charge on any atom is -0.387 e. The Labute approximate surface area is 148 Å². The van der Waals surface area contributed by atoms with E-state index in [-0.39, 0.29) is 24.0 Å². The molecule has 0 aromatic heterocycles. The van der Waals surface area contributed by atoms with Gasteiger partial charge in [-0.3, -0.25) is 0 Å². The van der Waals surface area contributed by atoms with E-state index >= 15 is 0 Å². The number of hydrogen-bond acceptors (Lipinski definition) is 3. The van der Waals surface area contributed by atoms with Gasteiger partial charge in [-0.2, -0.15) is 11.8 Å². The van der Waals surface area contributed by atoms with Gasteiger partial charge in [-0.05, 0) is 24.7 Å². The molecule has 1 aliphatic rings. The number of rotatable bonds is 5. The first kappa shape index (κ1) is 18.6. The fraction of sp³-hybridized carbons (Fsp3) is 0.533. The molecule has 2 rings (SSSR count). The van der Waals surface area contributed by atoms with E-state index in [0.717, 1.165) is 30.4 Å². The van der Waals surface area contributed by atoms with Crippen molar-refractivity contribution in [2.75, 3.05) is 24.6 Å². The van der Waals surface area contributed by atoms with Gasteiger partial charge in [-0.15, -0.1) is 24.0 Å². The Hall–Kier alpha value is -0.470. The normalized spacial score (nSPS) is 21.7. The Kier molecular flexibility index (Phi) is 8.43. The summed E-state index contributed by atoms with van der Waals surface area (Å²) < 4.78 is 0. The summed E-state index contributed by atoms with van der Waals surface area (Å²) in [6, 6.07) is 10.2. The zero-order chi connectivity index (χ0) is 14.3. The third kappa shape index (κ3) is 6.44. The number of halogens is 1. The largest absolute Gasteiger partial charge is 0.387 e. The minimum absolute atomic E-state index is 0. The molecule has 1 aromatic carbocycles. The van der Waals surface area contributed by atoms with Gasteiger partial charge in [0.1, 0.15) is 0 Å². The van der Waals surface area contributed by atoms with Gasteiger partial charge in [0.15, 0.2) is 5.96 Å². The maximum Gasteiger partial charge on any atom is 0.191 e. The van der Waals surface area contributed by atoms with Crippen molar-refractivity contribution >= 4 is 41.7 Å². The molecule has 118 valence electrons. The van der Waals surface area contributed by atoms with Crippen molar-refractivity contribution in [1.82, 2.24) is 10.6 Å². The molecule has 21 heavy (non-hydrogen) atoms. The highest BCUT2D eigenvalue weighted by Gasteiger charge is 2.31. The summed E-state index contributed by atoms with van der Waals surface area (Å²) in [6.45, 7) is 4.05. The van der Waals surface area contributed by atoms with Crippen molar-refractivity contribution in [1.29, 1.82) is 0 Å². The van der Waals surface area contributed by atoms with Crippen LogP contribution in [0.5, 0.6) is 0 Å². The minimum atomic E-state index is -0.590. The zero-order valence-corrected chi connectivity index (χ0v) is 15.5. The lowest BCUT2D eigenvalue weighted by Crippen LogP contribution is -2.47. The van der Waals surface area contributed by atoms with Crippen LogP contribution >= 0.6 is 35.7 Å². The third-order valence-electron chi connectivity index (χ3n) is 3.27. The van der Waals surface area contributed by atoms with Crippen molar-refractivity contribution in [2.24, 2.45) is 4.99 Å². The highest BCUT2D eigenvalue weighted by molar-refractivity contribution is 14.0. The number of nitrogens with one attached hydrogen (secondary N) is 2. The lowest BCUT2D eigenvalue weighted by Gasteiger charge is -2.23. The molecule has 3 N–H and O–H groups in total. The molecule has 1 aliphatic heterocycles. The summed E-state index contributed by atoms with van der Waals surface area (Å²) in [5, 5.41) is 16.8. The van der Waals surface area contributed by atoms with Crippen molar-refractivity contribution in [3.8, 4) is 0 Å². The summed E-state index contributed by atoms with van der Waals surface area (Å²) in [5.74, 6) is 2.61. The fourth-order valence-corrected chi connectivity index (χ4v) is 3.37. The van der Waals surface area contributed by atoms with E-state index in [1.807, 2.05) is 25.1 Å². The van der Waals surface area contributed by atoms with E-state index in [1.54, 1.807) is 11.8 Å². The number of benzene rings is 1. The van der Waals surface area contributed by atoms with Gasteiger partial charge >= 0.3 is 0 Å². The van der Waals surface area contributed by atoms with Crippen LogP contribution in [-0.4, -0.2) is 41.3 Å². The molecular weight excluding hydrogens is 397 g/mol. The molecule has 1 fully saturated rings. The van der Waals surface area contributed by atoms with Crippen molar-refractivity contribution < 1.29 is 5.11 Å². The molecule has 0 saturated carbocycles. The molecule has 1 atom stereocenters. The van der Waals surface area contributed by atoms with Gasteiger partial charge in [0.05, 0.1) is 12.1 Å². The quantitative estimate of drug-likeness (QED) is 0.388. The monoisotopic (exact) mass is 421 g/mol. The first-order chi connectivity index (χ1) is 9.72. The van der Waals surface area contributed by atoms with E-state index < -0.39 is 5.60 Å². The SMILES string of the molecule is CCNC(=NCc1ccccc1)NCC1(O)CCSC1.I. The van der Waals surface area contributed by atoms with Crippen LogP contribution in [0.4, 0.5) is 0 Å². The standard InChI is InChI=1S/C15H23N3OS.HI/c1-2-16-14(17-10-13-6-4-3-5-7-13)18-11-15(19)8-9-20-12-15;/h3-7,19H,2,8-12H2,1H3,(H2,16,17,18);1H. The molecule has 4 nitrogen and oxygen atoms in total. The summed E-state index contributed by atoms with van der Waals surface area (Å²) in [4.78, 5) is 4.55. The van der Waals surface area contributed by atoms with Crippen molar-refractivity contribution in [3.05, 3.63) is 35.9 Å². The van der Waals surface area contributed by atoms with E-state index in [4.69, 9.17) is 0 Å².